The quantitative estimate of drug-likeness (QED) is 0.359. The predicted octanol–water partition coefficient (Wildman–Crippen LogP) is 2.64. The van der Waals surface area contributed by atoms with Crippen LogP contribution < -0.4 is 21.3 Å². The molecule has 180 valence electrons. The lowest BCUT2D eigenvalue weighted by Crippen LogP contribution is -2.13. The maximum absolute atomic E-state index is 11.9. The molecule has 0 saturated carbocycles. The first-order valence-electron chi connectivity index (χ1n) is 9.73. The number of nitrogens with zero attached hydrogens (tertiary/aromatic N) is 2. The average Bonchev–Trinajstić information content (AvgIpc) is 3.12. The maximum Gasteiger partial charge on any atom is 0.254 e. The summed E-state index contributed by atoms with van der Waals surface area (Å²) < 4.78 is 26.8. The lowest BCUT2D eigenvalue weighted by Gasteiger charge is -2.08. The number of methoxy groups -OCH3 is 1. The number of primary sulfonamides is 1. The van der Waals surface area contributed by atoms with E-state index in [1.165, 1.54) is 18.2 Å². The smallest absolute Gasteiger partial charge is 0.254 e. The van der Waals surface area contributed by atoms with E-state index in [2.05, 4.69) is 30.3 Å². The highest BCUT2D eigenvalue weighted by Gasteiger charge is 2.09. The van der Waals surface area contributed by atoms with Crippen LogP contribution in [0.1, 0.15) is 34.8 Å². The molecule has 1 aromatic carbocycles. The van der Waals surface area contributed by atoms with E-state index in [4.69, 9.17) is 5.14 Å². The third kappa shape index (κ3) is 9.10. The van der Waals surface area contributed by atoms with Crippen molar-refractivity contribution in [3.05, 3.63) is 56.8 Å². The van der Waals surface area contributed by atoms with E-state index >= 15 is 0 Å². The van der Waals surface area contributed by atoms with Crippen LogP contribution in [0.15, 0.2) is 40.0 Å². The molecule has 0 aliphatic carbocycles. The van der Waals surface area contributed by atoms with Crippen LogP contribution in [0, 0.1) is 6.92 Å². The highest BCUT2D eigenvalue weighted by molar-refractivity contribution is 7.89. The Morgan fingerprint density at radius 1 is 1.18 bits per heavy atom. The molecule has 0 spiro atoms. The number of carbonyl (C=O) groups excluding carboxylic acids is 1. The minimum absolute atomic E-state index is 0.0189. The molecule has 3 rings (SSSR count). The summed E-state index contributed by atoms with van der Waals surface area (Å²) in [6.07, 6.45) is 0.716. The van der Waals surface area contributed by atoms with Gasteiger partial charge in [0.15, 0.2) is 11.4 Å². The highest BCUT2D eigenvalue weighted by atomic mass is 32.2. The molecule has 3 aromatic rings. The number of hydrogen-bond donors (Lipinski definition) is 4. The number of ether oxygens (including phenoxy) is 1. The Kier molecular flexibility index (Phi) is 11.4. The van der Waals surface area contributed by atoms with Crippen LogP contribution in [0.25, 0.3) is 0 Å². The van der Waals surface area contributed by atoms with Crippen LogP contribution in [-0.4, -0.2) is 43.9 Å². The van der Waals surface area contributed by atoms with Crippen molar-refractivity contribution >= 4 is 44.5 Å². The molecule has 0 atom stereocenters. The van der Waals surface area contributed by atoms with Gasteiger partial charge in [0.25, 0.3) is 5.56 Å². The summed E-state index contributed by atoms with van der Waals surface area (Å²) in [6, 6.07) is 7.31. The van der Waals surface area contributed by atoms with Crippen LogP contribution in [0.3, 0.4) is 0 Å². The van der Waals surface area contributed by atoms with Crippen molar-refractivity contribution in [3.8, 4) is 0 Å². The van der Waals surface area contributed by atoms with Gasteiger partial charge in [0.2, 0.25) is 16.0 Å². The summed E-state index contributed by atoms with van der Waals surface area (Å²) >= 11 is 1.15. The van der Waals surface area contributed by atoms with Crippen molar-refractivity contribution < 1.29 is 17.9 Å². The number of aromatic amines is 1. The first-order chi connectivity index (χ1) is 15.7. The lowest BCUT2D eigenvalue weighted by molar-refractivity contribution is 0.112. The number of nitrogens with two attached hydrogens (primary N) is 1. The summed E-state index contributed by atoms with van der Waals surface area (Å²) in [7, 11) is -0.494. The Bertz CT molecular complexity index is 1190. The minimum atomic E-state index is -3.74. The van der Waals surface area contributed by atoms with E-state index in [1.54, 1.807) is 33.3 Å². The third-order valence-electron chi connectivity index (χ3n) is 3.63. The molecule has 0 aliphatic rings. The molecular formula is C20H28N6O5S2. The Labute approximate surface area is 196 Å². The number of benzene rings is 1. The molecule has 2 aromatic heterocycles. The number of nitrogens with one attached hydrogen (secondary N) is 3. The van der Waals surface area contributed by atoms with Gasteiger partial charge in [-0.25, -0.2) is 18.5 Å². The average molecular weight is 497 g/mol. The standard InChI is InChI=1S/C16H16N6O4S2.C2H6O.C2H6/c1-9-12(8-23)27-16(19-9)22-15-20-13(6-14(24)21-15)18-7-10-2-4-11(5-3-10)28(17,25)26;1-3-2;1-2/h2-6,8H,7H2,1H3,(H2,17,25,26)(H3,18,19,20,21,22,24);1-2H3;1-2H3. The Morgan fingerprint density at radius 2 is 1.79 bits per heavy atom. The molecule has 33 heavy (non-hydrogen) atoms. The number of H-pyrrole nitrogens is 1. The van der Waals surface area contributed by atoms with E-state index in [9.17, 15) is 18.0 Å². The van der Waals surface area contributed by atoms with E-state index in [-0.39, 0.29) is 16.4 Å². The fraction of sp³-hybridized carbons (Fsp3) is 0.300. The van der Waals surface area contributed by atoms with Crippen molar-refractivity contribution in [1.29, 1.82) is 0 Å². The van der Waals surface area contributed by atoms with E-state index in [1.807, 2.05) is 13.8 Å². The molecule has 0 aliphatic heterocycles. The Morgan fingerprint density at radius 3 is 2.30 bits per heavy atom. The second-order valence-electron chi connectivity index (χ2n) is 6.14. The largest absolute Gasteiger partial charge is 0.388 e. The van der Waals surface area contributed by atoms with Crippen molar-refractivity contribution in [2.45, 2.75) is 32.2 Å². The van der Waals surface area contributed by atoms with Gasteiger partial charge in [-0.1, -0.05) is 37.3 Å². The normalized spacial score (nSPS) is 10.2. The SMILES string of the molecule is CC.COC.Cc1nc(Nc2nc(NCc3ccc(S(N)(=O)=O)cc3)cc(=O)[nH]2)sc1C=O. The molecule has 0 amide bonds. The molecule has 0 saturated heterocycles. The second-order valence-corrected chi connectivity index (χ2v) is 8.73. The van der Waals surface area contributed by atoms with Crippen molar-refractivity contribution in [2.75, 3.05) is 24.9 Å². The number of anilines is 3. The van der Waals surface area contributed by atoms with Crippen LogP contribution in [0.4, 0.5) is 16.9 Å². The summed E-state index contributed by atoms with van der Waals surface area (Å²) in [5.41, 5.74) is 0.977. The van der Waals surface area contributed by atoms with Gasteiger partial charge in [-0.05, 0) is 24.6 Å². The summed E-state index contributed by atoms with van der Waals surface area (Å²) in [6.45, 7) is 6.02. The first kappa shape index (κ1) is 27.9. The fourth-order valence-electron chi connectivity index (χ4n) is 2.27. The summed E-state index contributed by atoms with van der Waals surface area (Å²) in [5, 5.41) is 11.3. The van der Waals surface area contributed by atoms with Crippen LogP contribution in [0.5, 0.6) is 0 Å². The van der Waals surface area contributed by atoms with E-state index in [0.29, 0.717) is 34.4 Å². The van der Waals surface area contributed by atoms with E-state index < -0.39 is 10.0 Å². The van der Waals surface area contributed by atoms with Crippen LogP contribution >= 0.6 is 11.3 Å². The van der Waals surface area contributed by atoms with Gasteiger partial charge >= 0.3 is 0 Å². The lowest BCUT2D eigenvalue weighted by atomic mass is 10.2. The molecule has 2 heterocycles. The molecule has 0 radical (unpaired) electrons. The molecule has 0 fully saturated rings. The number of carbonyl (C=O) groups is 1. The second kappa shape index (κ2) is 13.4. The summed E-state index contributed by atoms with van der Waals surface area (Å²) in [5.74, 6) is 0.483. The van der Waals surface area contributed by atoms with Gasteiger partial charge in [0.05, 0.1) is 15.5 Å². The van der Waals surface area contributed by atoms with Crippen molar-refractivity contribution in [3.63, 3.8) is 0 Å². The number of rotatable bonds is 7. The van der Waals surface area contributed by atoms with Crippen molar-refractivity contribution in [1.82, 2.24) is 15.0 Å². The third-order valence-corrected chi connectivity index (χ3v) is 5.56. The molecule has 0 bridgehead atoms. The summed E-state index contributed by atoms with van der Waals surface area (Å²) in [4.78, 5) is 34.3. The number of aldehydes is 1. The van der Waals surface area contributed by atoms with Gasteiger partial charge in [-0.3, -0.25) is 14.6 Å². The van der Waals surface area contributed by atoms with Gasteiger partial charge in [-0.2, -0.15) is 4.98 Å². The Hall–Kier alpha value is -3.13. The zero-order valence-corrected chi connectivity index (χ0v) is 20.6. The van der Waals surface area contributed by atoms with Gasteiger partial charge < -0.3 is 15.4 Å². The van der Waals surface area contributed by atoms with Crippen molar-refractivity contribution in [2.24, 2.45) is 5.14 Å². The monoisotopic (exact) mass is 496 g/mol. The van der Waals surface area contributed by atoms with E-state index in [0.717, 1.165) is 16.9 Å². The van der Waals surface area contributed by atoms with Gasteiger partial charge in [0.1, 0.15) is 5.82 Å². The molecule has 11 nitrogen and oxygen atoms in total. The Balaban J connectivity index is 0.00000101. The topological polar surface area (TPSA) is 169 Å². The fourth-order valence-corrected chi connectivity index (χ4v) is 3.56. The van der Waals surface area contributed by atoms with Crippen LogP contribution in [0.2, 0.25) is 0 Å². The molecule has 13 heteroatoms. The number of aromatic nitrogens is 3. The number of sulfonamides is 1. The highest BCUT2D eigenvalue weighted by Crippen LogP contribution is 2.23. The zero-order valence-electron chi connectivity index (χ0n) is 19.0. The number of thiazole rings is 1. The number of hydrogen-bond acceptors (Lipinski definition) is 10. The molecule has 0 unspecified atom stereocenters. The predicted molar refractivity (Wildman–Crippen MR) is 130 cm³/mol. The molecule has 5 N–H and O–H groups in total. The van der Waals surface area contributed by atoms with Gasteiger partial charge in [0, 0.05) is 26.8 Å². The first-order valence-corrected chi connectivity index (χ1v) is 12.1. The number of aryl methyl sites for hydroxylation is 1. The molecular weight excluding hydrogens is 468 g/mol. The van der Waals surface area contributed by atoms with Gasteiger partial charge in [-0.15, -0.1) is 0 Å². The maximum atomic E-state index is 11.9. The minimum Gasteiger partial charge on any atom is -0.388 e. The zero-order chi connectivity index (χ0) is 25.0. The van der Waals surface area contributed by atoms with Crippen LogP contribution in [-0.2, 0) is 21.3 Å².